The van der Waals surface area contributed by atoms with Crippen molar-refractivity contribution in [3.63, 3.8) is 0 Å². The Labute approximate surface area is 114 Å². The standard InChI is InChI=1S/C14H22N4O/c1-7(2)10-6-8(3)16-14(17-10)18-12-11(15)9-4-5-19-13(9)12/h6-7,9,11-13H,4-5,15H2,1-3H3,(H,16,17,18). The number of rotatable bonds is 3. The van der Waals surface area contributed by atoms with E-state index < -0.39 is 0 Å². The van der Waals surface area contributed by atoms with Crippen LogP contribution in [0.5, 0.6) is 0 Å². The molecule has 0 amide bonds. The van der Waals surface area contributed by atoms with Gasteiger partial charge in [-0.1, -0.05) is 13.8 Å². The lowest BCUT2D eigenvalue weighted by Crippen LogP contribution is -2.65. The Balaban J connectivity index is 1.76. The second-order valence-corrected chi connectivity index (χ2v) is 5.95. The summed E-state index contributed by atoms with van der Waals surface area (Å²) in [6, 6.07) is 2.33. The third-order valence-corrected chi connectivity index (χ3v) is 4.21. The maximum absolute atomic E-state index is 6.19. The zero-order valence-electron chi connectivity index (χ0n) is 11.8. The summed E-state index contributed by atoms with van der Waals surface area (Å²) in [6.45, 7) is 7.09. The van der Waals surface area contributed by atoms with Gasteiger partial charge in [0.25, 0.3) is 0 Å². The van der Waals surface area contributed by atoms with Crippen LogP contribution in [0, 0.1) is 12.8 Å². The SMILES string of the molecule is Cc1cc(C(C)C)nc(NC2C(N)C3CCOC32)n1. The van der Waals surface area contributed by atoms with Crippen LogP contribution in [0.1, 0.15) is 37.6 Å². The van der Waals surface area contributed by atoms with Crippen LogP contribution in [-0.4, -0.2) is 34.8 Å². The number of aryl methyl sites for hydroxylation is 1. The molecular formula is C14H22N4O. The molecule has 5 nitrogen and oxygen atoms in total. The number of nitrogens with two attached hydrogens (primary N) is 1. The number of nitrogens with zero attached hydrogens (tertiary/aromatic N) is 2. The second-order valence-electron chi connectivity index (χ2n) is 5.95. The molecule has 2 heterocycles. The van der Waals surface area contributed by atoms with Gasteiger partial charge in [-0.3, -0.25) is 0 Å². The fourth-order valence-corrected chi connectivity index (χ4v) is 3.03. The molecule has 0 bridgehead atoms. The highest BCUT2D eigenvalue weighted by Crippen LogP contribution is 2.39. The van der Waals surface area contributed by atoms with Crippen molar-refractivity contribution in [3.8, 4) is 0 Å². The Morgan fingerprint density at radius 2 is 2.21 bits per heavy atom. The quantitative estimate of drug-likeness (QED) is 0.862. The molecule has 1 aliphatic heterocycles. The lowest BCUT2D eigenvalue weighted by Gasteiger charge is -2.45. The number of hydrogen-bond donors (Lipinski definition) is 2. The van der Waals surface area contributed by atoms with E-state index in [4.69, 9.17) is 10.5 Å². The molecule has 1 aliphatic carbocycles. The molecule has 1 aromatic rings. The average molecular weight is 262 g/mol. The number of anilines is 1. The van der Waals surface area contributed by atoms with E-state index in [1.807, 2.05) is 13.0 Å². The van der Waals surface area contributed by atoms with E-state index in [9.17, 15) is 0 Å². The van der Waals surface area contributed by atoms with E-state index in [-0.39, 0.29) is 18.2 Å². The Morgan fingerprint density at radius 1 is 1.42 bits per heavy atom. The van der Waals surface area contributed by atoms with Gasteiger partial charge in [-0.2, -0.15) is 0 Å². The average Bonchev–Trinajstić information content (AvgIpc) is 2.80. The van der Waals surface area contributed by atoms with E-state index in [1.54, 1.807) is 0 Å². The summed E-state index contributed by atoms with van der Waals surface area (Å²) >= 11 is 0. The highest BCUT2D eigenvalue weighted by atomic mass is 16.5. The molecular weight excluding hydrogens is 240 g/mol. The van der Waals surface area contributed by atoms with Gasteiger partial charge in [0.1, 0.15) is 0 Å². The summed E-state index contributed by atoms with van der Waals surface area (Å²) in [5.74, 6) is 1.58. The van der Waals surface area contributed by atoms with Crippen molar-refractivity contribution in [2.45, 2.75) is 51.3 Å². The van der Waals surface area contributed by atoms with Gasteiger partial charge >= 0.3 is 0 Å². The molecule has 2 aliphatic rings. The van der Waals surface area contributed by atoms with Crippen molar-refractivity contribution in [3.05, 3.63) is 17.5 Å². The molecule has 1 aromatic heterocycles. The van der Waals surface area contributed by atoms with E-state index in [0.717, 1.165) is 24.4 Å². The third kappa shape index (κ3) is 2.21. The van der Waals surface area contributed by atoms with Gasteiger partial charge in [0.15, 0.2) is 0 Å². The van der Waals surface area contributed by atoms with E-state index in [2.05, 4.69) is 29.1 Å². The van der Waals surface area contributed by atoms with Crippen LogP contribution in [-0.2, 0) is 4.74 Å². The lowest BCUT2D eigenvalue weighted by atomic mass is 9.72. The Morgan fingerprint density at radius 3 is 2.95 bits per heavy atom. The molecule has 0 radical (unpaired) electrons. The van der Waals surface area contributed by atoms with Gasteiger partial charge in [0.2, 0.25) is 5.95 Å². The summed E-state index contributed by atoms with van der Waals surface area (Å²) in [7, 11) is 0. The minimum Gasteiger partial charge on any atom is -0.376 e. The van der Waals surface area contributed by atoms with Crippen molar-refractivity contribution in [1.82, 2.24) is 9.97 Å². The number of aromatic nitrogens is 2. The van der Waals surface area contributed by atoms with Gasteiger partial charge in [-0.25, -0.2) is 9.97 Å². The van der Waals surface area contributed by atoms with Gasteiger partial charge in [0, 0.05) is 30.0 Å². The molecule has 19 heavy (non-hydrogen) atoms. The molecule has 5 heteroatoms. The Kier molecular flexibility index (Phi) is 3.19. The highest BCUT2D eigenvalue weighted by Gasteiger charge is 2.52. The number of hydrogen-bond acceptors (Lipinski definition) is 5. The first kappa shape index (κ1) is 12.8. The minimum absolute atomic E-state index is 0.148. The molecule has 104 valence electrons. The van der Waals surface area contributed by atoms with Crippen molar-refractivity contribution in [2.75, 3.05) is 11.9 Å². The van der Waals surface area contributed by atoms with E-state index >= 15 is 0 Å². The molecule has 3 N–H and O–H groups in total. The number of nitrogens with one attached hydrogen (secondary N) is 1. The van der Waals surface area contributed by atoms with Crippen LogP contribution in [0.2, 0.25) is 0 Å². The summed E-state index contributed by atoms with van der Waals surface area (Å²) in [5, 5.41) is 3.36. The molecule has 0 spiro atoms. The first-order valence-corrected chi connectivity index (χ1v) is 7.05. The van der Waals surface area contributed by atoms with Gasteiger partial charge in [-0.05, 0) is 25.3 Å². The second kappa shape index (κ2) is 4.72. The van der Waals surface area contributed by atoms with Crippen LogP contribution < -0.4 is 11.1 Å². The predicted octanol–water partition coefficient (Wildman–Crippen LogP) is 1.43. The first-order valence-electron chi connectivity index (χ1n) is 7.05. The molecule has 4 atom stereocenters. The molecule has 1 saturated heterocycles. The maximum Gasteiger partial charge on any atom is 0.223 e. The summed E-state index contributed by atoms with van der Waals surface area (Å²) in [4.78, 5) is 9.02. The van der Waals surface area contributed by atoms with Crippen molar-refractivity contribution >= 4 is 5.95 Å². The van der Waals surface area contributed by atoms with Crippen molar-refractivity contribution < 1.29 is 4.74 Å². The van der Waals surface area contributed by atoms with E-state index in [1.165, 1.54) is 0 Å². The third-order valence-electron chi connectivity index (χ3n) is 4.21. The maximum atomic E-state index is 6.19. The molecule has 2 fully saturated rings. The van der Waals surface area contributed by atoms with Gasteiger partial charge < -0.3 is 15.8 Å². The van der Waals surface area contributed by atoms with Gasteiger partial charge in [-0.15, -0.1) is 0 Å². The Bertz CT molecular complexity index is 477. The lowest BCUT2D eigenvalue weighted by molar-refractivity contribution is 0.00508. The molecule has 1 saturated carbocycles. The smallest absolute Gasteiger partial charge is 0.223 e. The van der Waals surface area contributed by atoms with Crippen molar-refractivity contribution in [1.29, 1.82) is 0 Å². The molecule has 0 aromatic carbocycles. The van der Waals surface area contributed by atoms with Crippen LogP contribution in [0.15, 0.2) is 6.07 Å². The predicted molar refractivity (Wildman–Crippen MR) is 74.1 cm³/mol. The fourth-order valence-electron chi connectivity index (χ4n) is 3.03. The Hall–Kier alpha value is -1.20. The molecule has 3 rings (SSSR count). The summed E-state index contributed by atoms with van der Waals surface area (Å²) in [5.41, 5.74) is 8.24. The number of ether oxygens (including phenoxy) is 1. The zero-order chi connectivity index (χ0) is 13.6. The normalized spacial score (nSPS) is 33.1. The summed E-state index contributed by atoms with van der Waals surface area (Å²) < 4.78 is 5.72. The monoisotopic (exact) mass is 262 g/mol. The first-order chi connectivity index (χ1) is 9.06. The minimum atomic E-state index is 0.148. The zero-order valence-corrected chi connectivity index (χ0v) is 11.8. The number of fused-ring (bicyclic) bond motifs is 1. The topological polar surface area (TPSA) is 73.1 Å². The fraction of sp³-hybridized carbons (Fsp3) is 0.714. The van der Waals surface area contributed by atoms with Crippen LogP contribution in [0.25, 0.3) is 0 Å². The molecule has 4 unspecified atom stereocenters. The van der Waals surface area contributed by atoms with Crippen LogP contribution in [0.4, 0.5) is 5.95 Å². The van der Waals surface area contributed by atoms with Gasteiger partial charge in [0.05, 0.1) is 12.1 Å². The highest BCUT2D eigenvalue weighted by molar-refractivity contribution is 5.34. The van der Waals surface area contributed by atoms with Crippen molar-refractivity contribution in [2.24, 2.45) is 11.7 Å². The van der Waals surface area contributed by atoms with Crippen LogP contribution in [0.3, 0.4) is 0 Å². The summed E-state index contributed by atoms with van der Waals surface area (Å²) in [6.07, 6.45) is 1.32. The van der Waals surface area contributed by atoms with Crippen LogP contribution >= 0.6 is 0 Å². The van der Waals surface area contributed by atoms with E-state index in [0.29, 0.717) is 17.8 Å². The largest absolute Gasteiger partial charge is 0.376 e.